The van der Waals surface area contributed by atoms with Gasteiger partial charge in [-0.25, -0.2) is 0 Å². The van der Waals surface area contributed by atoms with Crippen LogP contribution >= 0.6 is 11.6 Å². The van der Waals surface area contributed by atoms with Gasteiger partial charge in [-0.2, -0.15) is 4.98 Å². The first-order valence-electron chi connectivity index (χ1n) is 8.18. The van der Waals surface area contributed by atoms with Crippen molar-refractivity contribution in [2.24, 2.45) is 0 Å². The highest BCUT2D eigenvalue weighted by molar-refractivity contribution is 6.31. The van der Waals surface area contributed by atoms with Crippen LogP contribution in [0.4, 0.5) is 6.01 Å². The average Bonchev–Trinajstić information content (AvgIpc) is 3.02. The molecule has 4 rings (SSSR count). The molecular formula is C16H24ClN5O. The highest BCUT2D eigenvalue weighted by Crippen LogP contribution is 2.27. The number of benzene rings is 1. The van der Waals surface area contributed by atoms with Gasteiger partial charge in [0.05, 0.1) is 0 Å². The van der Waals surface area contributed by atoms with E-state index in [1.165, 1.54) is 0 Å². The Labute approximate surface area is 141 Å². The lowest BCUT2D eigenvalue weighted by atomic mass is 10.2. The maximum Gasteiger partial charge on any atom is 0.298 e. The Morgan fingerprint density at radius 2 is 1.61 bits per heavy atom. The zero-order valence-electron chi connectivity index (χ0n) is 13.5. The smallest absolute Gasteiger partial charge is 0.298 e. The van der Waals surface area contributed by atoms with Crippen molar-refractivity contribution in [1.82, 2.24) is 20.9 Å². The molecule has 0 spiro atoms. The Bertz CT molecular complexity index is 623. The molecule has 0 atom stereocenters. The van der Waals surface area contributed by atoms with Gasteiger partial charge >= 0.3 is 0 Å². The number of anilines is 1. The summed E-state index contributed by atoms with van der Waals surface area (Å²) in [6, 6.07) is 4.45. The van der Waals surface area contributed by atoms with Crippen LogP contribution in [-0.2, 0) is 0 Å². The van der Waals surface area contributed by atoms with Gasteiger partial charge in [-0.15, -0.1) is 0 Å². The summed E-state index contributed by atoms with van der Waals surface area (Å²) in [6.07, 6.45) is 0. The molecule has 7 heteroatoms. The molecule has 23 heavy (non-hydrogen) atoms. The van der Waals surface area contributed by atoms with Crippen LogP contribution < -0.4 is 20.9 Å². The first-order chi connectivity index (χ1) is 11.2. The van der Waals surface area contributed by atoms with Crippen LogP contribution in [0.1, 0.15) is 5.56 Å². The van der Waals surface area contributed by atoms with Crippen LogP contribution in [0.2, 0.25) is 5.02 Å². The molecule has 126 valence electrons. The highest BCUT2D eigenvalue weighted by Gasteiger charge is 2.17. The van der Waals surface area contributed by atoms with Gasteiger partial charge in [0.15, 0.2) is 5.58 Å². The van der Waals surface area contributed by atoms with E-state index in [-0.39, 0.29) is 0 Å². The first-order valence-corrected chi connectivity index (χ1v) is 8.55. The highest BCUT2D eigenvalue weighted by atomic mass is 35.5. The van der Waals surface area contributed by atoms with Gasteiger partial charge in [0.2, 0.25) is 0 Å². The minimum absolute atomic E-state index is 0.701. The van der Waals surface area contributed by atoms with E-state index in [9.17, 15) is 0 Å². The number of aromatic nitrogens is 1. The van der Waals surface area contributed by atoms with E-state index < -0.39 is 0 Å². The van der Waals surface area contributed by atoms with Gasteiger partial charge in [-0.05, 0) is 24.6 Å². The first kappa shape index (κ1) is 16.5. The fraction of sp³-hybridized carbons (Fsp3) is 0.562. The van der Waals surface area contributed by atoms with Crippen molar-refractivity contribution in [3.05, 3.63) is 22.7 Å². The van der Waals surface area contributed by atoms with E-state index in [4.69, 9.17) is 16.0 Å². The maximum atomic E-state index is 6.01. The van der Waals surface area contributed by atoms with E-state index in [1.54, 1.807) is 0 Å². The van der Waals surface area contributed by atoms with Crippen LogP contribution in [0.5, 0.6) is 0 Å². The van der Waals surface area contributed by atoms with Gasteiger partial charge in [0, 0.05) is 57.4 Å². The molecule has 2 aliphatic rings. The zero-order chi connectivity index (χ0) is 16.1. The molecule has 2 saturated heterocycles. The standard InChI is InChI=1S/C12H14ClN3O.C4H10N2/c1-8-6-9(13)7-10-11(8)17-12(15-10)16-4-2-14-3-5-16;1-2-6-4-3-5-1/h6-7,14H,2-5H2,1H3;5-6H,1-4H2. The quantitative estimate of drug-likeness (QED) is 0.730. The predicted molar refractivity (Wildman–Crippen MR) is 94.6 cm³/mol. The Morgan fingerprint density at radius 3 is 2.22 bits per heavy atom. The number of hydrogen-bond acceptors (Lipinski definition) is 6. The van der Waals surface area contributed by atoms with Gasteiger partial charge in [0.1, 0.15) is 5.52 Å². The second-order valence-corrected chi connectivity index (χ2v) is 6.24. The van der Waals surface area contributed by atoms with Crippen molar-refractivity contribution < 1.29 is 4.42 Å². The van der Waals surface area contributed by atoms with Crippen molar-refractivity contribution in [3.8, 4) is 0 Å². The SMILES string of the molecule is C1CNCCN1.Cc1cc(Cl)cc2nc(N3CCNCC3)oc12. The maximum absolute atomic E-state index is 6.01. The Kier molecular flexibility index (Phi) is 5.72. The number of aryl methyl sites for hydroxylation is 1. The molecule has 0 saturated carbocycles. The topological polar surface area (TPSA) is 65.4 Å². The monoisotopic (exact) mass is 337 g/mol. The number of halogens is 1. The van der Waals surface area contributed by atoms with Gasteiger partial charge in [-0.3, -0.25) is 0 Å². The Morgan fingerprint density at radius 1 is 1.00 bits per heavy atom. The third kappa shape index (κ3) is 4.35. The van der Waals surface area contributed by atoms with Crippen LogP contribution in [0.25, 0.3) is 11.1 Å². The molecular weight excluding hydrogens is 314 g/mol. The summed E-state index contributed by atoms with van der Waals surface area (Å²) in [4.78, 5) is 6.66. The fourth-order valence-electron chi connectivity index (χ4n) is 2.74. The molecule has 0 unspecified atom stereocenters. The number of hydrogen-bond donors (Lipinski definition) is 3. The molecule has 0 aliphatic carbocycles. The molecule has 6 nitrogen and oxygen atoms in total. The lowest BCUT2D eigenvalue weighted by molar-refractivity contribution is 0.517. The summed E-state index contributed by atoms with van der Waals surface area (Å²) >= 11 is 6.01. The number of fused-ring (bicyclic) bond motifs is 1. The summed E-state index contributed by atoms with van der Waals surface area (Å²) in [6.45, 7) is 10.3. The van der Waals surface area contributed by atoms with Crippen LogP contribution in [-0.4, -0.2) is 57.3 Å². The summed E-state index contributed by atoms with van der Waals surface area (Å²) in [5.74, 6) is 0. The van der Waals surface area contributed by atoms with Gasteiger partial charge < -0.3 is 25.3 Å². The molecule has 1 aromatic carbocycles. The van der Waals surface area contributed by atoms with Crippen molar-refractivity contribution in [1.29, 1.82) is 0 Å². The molecule has 1 aromatic heterocycles. The number of piperazine rings is 2. The van der Waals surface area contributed by atoms with Crippen molar-refractivity contribution in [2.45, 2.75) is 6.92 Å². The molecule has 2 aliphatic heterocycles. The zero-order valence-corrected chi connectivity index (χ0v) is 14.2. The molecule has 2 fully saturated rings. The Hall–Kier alpha value is -1.34. The summed E-state index contributed by atoms with van der Waals surface area (Å²) in [5, 5.41) is 10.5. The lowest BCUT2D eigenvalue weighted by Crippen LogP contribution is -2.43. The van der Waals surface area contributed by atoms with Gasteiger partial charge in [0.25, 0.3) is 6.01 Å². The largest absolute Gasteiger partial charge is 0.423 e. The molecule has 0 bridgehead atoms. The van der Waals surface area contributed by atoms with Crippen molar-refractivity contribution in [2.75, 3.05) is 57.3 Å². The van der Waals surface area contributed by atoms with E-state index in [1.807, 2.05) is 19.1 Å². The molecule has 0 radical (unpaired) electrons. The number of rotatable bonds is 1. The molecule has 0 amide bonds. The van der Waals surface area contributed by atoms with Crippen LogP contribution in [0.15, 0.2) is 16.5 Å². The fourth-order valence-corrected chi connectivity index (χ4v) is 3.01. The molecule has 3 N–H and O–H groups in total. The summed E-state index contributed by atoms with van der Waals surface area (Å²) < 4.78 is 5.82. The summed E-state index contributed by atoms with van der Waals surface area (Å²) in [5.41, 5.74) is 2.70. The minimum atomic E-state index is 0.701. The average molecular weight is 338 g/mol. The second kappa shape index (κ2) is 7.97. The predicted octanol–water partition coefficient (Wildman–Crippen LogP) is 1.38. The number of nitrogens with zero attached hydrogens (tertiary/aromatic N) is 2. The minimum Gasteiger partial charge on any atom is -0.423 e. The van der Waals surface area contributed by atoms with Gasteiger partial charge in [-0.1, -0.05) is 11.6 Å². The van der Waals surface area contributed by atoms with E-state index in [2.05, 4.69) is 25.8 Å². The van der Waals surface area contributed by atoms with Crippen LogP contribution in [0, 0.1) is 6.92 Å². The third-order valence-electron chi connectivity index (χ3n) is 3.97. The Balaban J connectivity index is 0.000000220. The van der Waals surface area contributed by atoms with Crippen molar-refractivity contribution >= 4 is 28.7 Å². The van der Waals surface area contributed by atoms with E-state index in [0.717, 1.165) is 69.0 Å². The second-order valence-electron chi connectivity index (χ2n) is 5.80. The van der Waals surface area contributed by atoms with E-state index >= 15 is 0 Å². The molecule has 2 aromatic rings. The number of nitrogens with one attached hydrogen (secondary N) is 3. The number of oxazole rings is 1. The van der Waals surface area contributed by atoms with E-state index in [0.29, 0.717) is 11.0 Å². The van der Waals surface area contributed by atoms with Crippen LogP contribution in [0.3, 0.4) is 0 Å². The van der Waals surface area contributed by atoms with Crippen molar-refractivity contribution in [3.63, 3.8) is 0 Å². The lowest BCUT2D eigenvalue weighted by Gasteiger charge is -2.25. The normalized spacial score (nSPS) is 18.6. The third-order valence-corrected chi connectivity index (χ3v) is 4.19. The molecule has 3 heterocycles. The summed E-state index contributed by atoms with van der Waals surface area (Å²) in [7, 11) is 0.